The normalized spacial score (nSPS) is 19.3. The van der Waals surface area contributed by atoms with Crippen molar-refractivity contribution in [2.24, 2.45) is 0 Å². The average molecular weight is 409 g/mol. The lowest BCUT2D eigenvalue weighted by atomic mass is 9.93. The van der Waals surface area contributed by atoms with Crippen molar-refractivity contribution in [2.75, 3.05) is 0 Å². The first kappa shape index (κ1) is 19.6. The number of benzene rings is 1. The maximum absolute atomic E-state index is 12.9. The Morgan fingerprint density at radius 2 is 1.87 bits per heavy atom. The number of nitro benzene ring substituents is 1. The molecule has 0 spiro atoms. The second-order valence-corrected chi connectivity index (χ2v) is 7.29. The van der Waals surface area contributed by atoms with Crippen molar-refractivity contribution in [2.45, 2.75) is 38.1 Å². The fourth-order valence-electron chi connectivity index (χ4n) is 3.84. The number of nitrogens with zero attached hydrogens (tertiary/aromatic N) is 2. The molecule has 4 amide bonds. The summed E-state index contributed by atoms with van der Waals surface area (Å²) in [5.74, 6) is -0.823. The summed E-state index contributed by atoms with van der Waals surface area (Å²) in [6.07, 6.45) is 5.66. The molecule has 0 radical (unpaired) electrons. The maximum atomic E-state index is 12.9. The molecule has 1 aromatic carbocycles. The van der Waals surface area contributed by atoms with E-state index in [1.807, 2.05) is 0 Å². The Morgan fingerprint density at radius 1 is 1.10 bits per heavy atom. The molecule has 2 fully saturated rings. The number of carbonyl (C=O) groups is 3. The molecular weight excluding hydrogens is 390 g/mol. The molecule has 1 saturated heterocycles. The molecular formula is C21H19N3O6. The van der Waals surface area contributed by atoms with E-state index < -0.39 is 22.8 Å². The molecule has 2 aliphatic rings. The van der Waals surface area contributed by atoms with Crippen LogP contribution in [0.15, 0.2) is 46.4 Å². The Kier molecular flexibility index (Phi) is 5.18. The summed E-state index contributed by atoms with van der Waals surface area (Å²) in [6.45, 7) is 0. The third kappa shape index (κ3) is 3.73. The van der Waals surface area contributed by atoms with Crippen molar-refractivity contribution < 1.29 is 23.7 Å². The van der Waals surface area contributed by atoms with Crippen molar-refractivity contribution in [3.8, 4) is 11.3 Å². The van der Waals surface area contributed by atoms with Gasteiger partial charge in [0.15, 0.2) is 0 Å². The van der Waals surface area contributed by atoms with Gasteiger partial charge in [-0.15, -0.1) is 0 Å². The molecule has 0 bridgehead atoms. The SMILES string of the molecule is O=C1NC(=O)N(C2CCCCC2)C(=O)/C1=C\c1ccc(-c2cccc([N+](=O)[O-])c2)o1. The van der Waals surface area contributed by atoms with Crippen molar-refractivity contribution in [3.05, 3.63) is 57.8 Å². The number of imide groups is 2. The molecule has 2 aromatic rings. The summed E-state index contributed by atoms with van der Waals surface area (Å²) in [4.78, 5) is 49.0. The lowest BCUT2D eigenvalue weighted by molar-refractivity contribution is -0.384. The summed E-state index contributed by atoms with van der Waals surface area (Å²) in [5, 5.41) is 13.2. The first-order valence-electron chi connectivity index (χ1n) is 9.69. The quantitative estimate of drug-likeness (QED) is 0.356. The molecule has 9 nitrogen and oxygen atoms in total. The van der Waals surface area contributed by atoms with Gasteiger partial charge >= 0.3 is 6.03 Å². The number of nitro groups is 1. The molecule has 0 atom stereocenters. The van der Waals surface area contributed by atoms with Crippen LogP contribution in [0, 0.1) is 10.1 Å². The lowest BCUT2D eigenvalue weighted by Crippen LogP contribution is -2.58. The Bertz CT molecular complexity index is 1060. The third-order valence-corrected chi connectivity index (χ3v) is 5.33. The minimum Gasteiger partial charge on any atom is -0.457 e. The number of amides is 4. The van der Waals surface area contributed by atoms with E-state index in [2.05, 4.69) is 5.32 Å². The van der Waals surface area contributed by atoms with Crippen molar-refractivity contribution in [1.29, 1.82) is 0 Å². The summed E-state index contributed by atoms with van der Waals surface area (Å²) >= 11 is 0. The summed E-state index contributed by atoms with van der Waals surface area (Å²) in [5.41, 5.74) is 0.236. The first-order valence-corrected chi connectivity index (χ1v) is 9.69. The van der Waals surface area contributed by atoms with Crippen LogP contribution in [-0.4, -0.2) is 33.7 Å². The van der Waals surface area contributed by atoms with Gasteiger partial charge in [0.1, 0.15) is 17.1 Å². The highest BCUT2D eigenvalue weighted by Gasteiger charge is 2.40. The molecule has 1 N–H and O–H groups in total. The number of hydrogen-bond acceptors (Lipinski definition) is 6. The Morgan fingerprint density at radius 3 is 2.60 bits per heavy atom. The zero-order valence-electron chi connectivity index (χ0n) is 16.0. The van der Waals surface area contributed by atoms with Crippen LogP contribution in [0.3, 0.4) is 0 Å². The van der Waals surface area contributed by atoms with Gasteiger partial charge in [-0.2, -0.15) is 0 Å². The number of nitrogens with one attached hydrogen (secondary N) is 1. The highest BCUT2D eigenvalue weighted by molar-refractivity contribution is 6.31. The third-order valence-electron chi connectivity index (χ3n) is 5.33. The molecule has 1 aliphatic heterocycles. The Balaban J connectivity index is 1.61. The predicted octanol–water partition coefficient (Wildman–Crippen LogP) is 3.65. The minimum atomic E-state index is -0.773. The van der Waals surface area contributed by atoms with Gasteiger partial charge in [0.25, 0.3) is 17.5 Å². The smallest absolute Gasteiger partial charge is 0.331 e. The largest absolute Gasteiger partial charge is 0.457 e. The highest BCUT2D eigenvalue weighted by atomic mass is 16.6. The number of barbiturate groups is 1. The van der Waals surface area contributed by atoms with E-state index in [1.54, 1.807) is 24.3 Å². The lowest BCUT2D eigenvalue weighted by Gasteiger charge is -2.35. The van der Waals surface area contributed by atoms with Gasteiger partial charge in [0, 0.05) is 23.7 Å². The van der Waals surface area contributed by atoms with Gasteiger partial charge < -0.3 is 4.42 Å². The molecule has 9 heteroatoms. The highest BCUT2D eigenvalue weighted by Crippen LogP contribution is 2.29. The van der Waals surface area contributed by atoms with Crippen LogP contribution in [0.1, 0.15) is 37.9 Å². The van der Waals surface area contributed by atoms with Crippen molar-refractivity contribution in [3.63, 3.8) is 0 Å². The minimum absolute atomic E-state index is 0.0766. The molecule has 1 saturated carbocycles. The van der Waals surface area contributed by atoms with Gasteiger partial charge in [-0.1, -0.05) is 31.4 Å². The second-order valence-electron chi connectivity index (χ2n) is 7.29. The average Bonchev–Trinajstić information content (AvgIpc) is 3.21. The van der Waals surface area contributed by atoms with E-state index in [0.29, 0.717) is 11.3 Å². The zero-order valence-corrected chi connectivity index (χ0v) is 16.0. The van der Waals surface area contributed by atoms with E-state index in [-0.39, 0.29) is 23.1 Å². The van der Waals surface area contributed by atoms with Gasteiger partial charge in [0.2, 0.25) is 0 Å². The van der Waals surface area contributed by atoms with Crippen LogP contribution in [0.25, 0.3) is 17.4 Å². The molecule has 30 heavy (non-hydrogen) atoms. The van der Waals surface area contributed by atoms with E-state index in [0.717, 1.165) is 37.0 Å². The Hall–Kier alpha value is -3.75. The van der Waals surface area contributed by atoms with E-state index in [4.69, 9.17) is 4.42 Å². The van der Waals surface area contributed by atoms with Crippen LogP contribution in [0.2, 0.25) is 0 Å². The molecule has 1 aromatic heterocycles. The van der Waals surface area contributed by atoms with Crippen molar-refractivity contribution >= 4 is 29.6 Å². The second kappa shape index (κ2) is 7.94. The number of hydrogen-bond donors (Lipinski definition) is 1. The van der Waals surface area contributed by atoms with Crippen molar-refractivity contribution in [1.82, 2.24) is 10.2 Å². The predicted molar refractivity (Wildman–Crippen MR) is 106 cm³/mol. The number of urea groups is 1. The molecule has 1 aliphatic carbocycles. The number of rotatable bonds is 4. The summed E-state index contributed by atoms with van der Waals surface area (Å²) < 4.78 is 5.68. The topological polar surface area (TPSA) is 123 Å². The van der Waals surface area contributed by atoms with Gasteiger partial charge in [-0.3, -0.25) is 29.9 Å². The van der Waals surface area contributed by atoms with E-state index >= 15 is 0 Å². The van der Waals surface area contributed by atoms with Crippen LogP contribution < -0.4 is 5.32 Å². The molecule has 2 heterocycles. The Labute approximate surface area is 171 Å². The molecule has 0 unspecified atom stereocenters. The molecule has 154 valence electrons. The zero-order chi connectivity index (χ0) is 21.3. The first-order chi connectivity index (χ1) is 14.4. The number of carbonyl (C=O) groups excluding carboxylic acids is 3. The standard InChI is InChI=1S/C21H19N3O6/c25-19-17(20(26)23(21(27)22-19)14-6-2-1-3-7-14)12-16-9-10-18(30-16)13-5-4-8-15(11-13)24(28)29/h4-5,8-12,14H,1-3,6-7H2,(H,22,25,27)/b17-12-. The van der Waals surface area contributed by atoms with Gasteiger partial charge in [-0.05, 0) is 31.1 Å². The monoisotopic (exact) mass is 409 g/mol. The fourth-order valence-corrected chi connectivity index (χ4v) is 3.84. The van der Waals surface area contributed by atoms with E-state index in [1.165, 1.54) is 18.2 Å². The fraction of sp³-hybridized carbons (Fsp3) is 0.286. The van der Waals surface area contributed by atoms with Crippen LogP contribution in [0.4, 0.5) is 10.5 Å². The van der Waals surface area contributed by atoms with Gasteiger partial charge in [0.05, 0.1) is 4.92 Å². The van der Waals surface area contributed by atoms with Crippen LogP contribution >= 0.6 is 0 Å². The molecule has 4 rings (SSSR count). The number of furan rings is 1. The summed E-state index contributed by atoms with van der Waals surface area (Å²) in [7, 11) is 0. The summed E-state index contributed by atoms with van der Waals surface area (Å²) in [6, 6.07) is 8.19. The maximum Gasteiger partial charge on any atom is 0.331 e. The number of non-ortho nitro benzene ring substituents is 1. The van der Waals surface area contributed by atoms with Crippen LogP contribution in [-0.2, 0) is 9.59 Å². The van der Waals surface area contributed by atoms with E-state index in [9.17, 15) is 24.5 Å². The van der Waals surface area contributed by atoms with Crippen LogP contribution in [0.5, 0.6) is 0 Å². The van der Waals surface area contributed by atoms with Gasteiger partial charge in [-0.25, -0.2) is 4.79 Å².